The number of H-pyrrole nitrogens is 1. The van der Waals surface area contributed by atoms with Crippen LogP contribution in [0.15, 0.2) is 18.3 Å². The summed E-state index contributed by atoms with van der Waals surface area (Å²) in [6.45, 7) is 3.96. The van der Waals surface area contributed by atoms with Crippen LogP contribution in [0.25, 0.3) is 11.2 Å². The first-order chi connectivity index (χ1) is 6.54. The van der Waals surface area contributed by atoms with Crippen molar-refractivity contribution in [3.63, 3.8) is 0 Å². The standard InChI is InChI=1S/C10H14N4/c1-10(2,11)6-8-13-7-4-3-5-12-9(7)14-8/h3-5H,6,11H2,1-2H3,(H,12,13,14). The molecule has 0 unspecified atom stereocenters. The molecule has 2 aromatic heterocycles. The third-order valence-corrected chi connectivity index (χ3v) is 1.93. The molecule has 0 aliphatic carbocycles. The van der Waals surface area contributed by atoms with Gasteiger partial charge >= 0.3 is 0 Å². The Labute approximate surface area is 82.6 Å². The Morgan fingerprint density at radius 1 is 1.50 bits per heavy atom. The van der Waals surface area contributed by atoms with Gasteiger partial charge in [-0.1, -0.05) is 0 Å². The van der Waals surface area contributed by atoms with Crippen molar-refractivity contribution in [1.82, 2.24) is 15.0 Å². The molecule has 0 saturated heterocycles. The SMILES string of the molecule is CC(C)(N)Cc1nc2ncccc2[nH]1. The highest BCUT2D eigenvalue weighted by atomic mass is 15.0. The predicted molar refractivity (Wildman–Crippen MR) is 55.9 cm³/mol. The summed E-state index contributed by atoms with van der Waals surface area (Å²) >= 11 is 0. The third kappa shape index (κ3) is 1.90. The number of nitrogens with two attached hydrogens (primary N) is 1. The van der Waals surface area contributed by atoms with Crippen molar-refractivity contribution in [2.24, 2.45) is 5.73 Å². The highest BCUT2D eigenvalue weighted by Gasteiger charge is 2.14. The van der Waals surface area contributed by atoms with E-state index in [4.69, 9.17) is 5.73 Å². The molecule has 0 bridgehead atoms. The van der Waals surface area contributed by atoms with Gasteiger partial charge in [-0.15, -0.1) is 0 Å². The zero-order valence-electron chi connectivity index (χ0n) is 8.41. The molecule has 4 heteroatoms. The number of hydrogen-bond donors (Lipinski definition) is 2. The van der Waals surface area contributed by atoms with E-state index < -0.39 is 0 Å². The minimum atomic E-state index is -0.242. The molecule has 0 fully saturated rings. The molecule has 0 spiro atoms. The Kier molecular flexibility index (Phi) is 2.00. The maximum absolute atomic E-state index is 5.91. The smallest absolute Gasteiger partial charge is 0.177 e. The number of nitrogens with zero attached hydrogens (tertiary/aromatic N) is 2. The fourth-order valence-corrected chi connectivity index (χ4v) is 1.41. The number of rotatable bonds is 2. The number of hydrogen-bond acceptors (Lipinski definition) is 3. The summed E-state index contributed by atoms with van der Waals surface area (Å²) < 4.78 is 0. The lowest BCUT2D eigenvalue weighted by Gasteiger charge is -2.15. The zero-order valence-corrected chi connectivity index (χ0v) is 8.41. The first-order valence-corrected chi connectivity index (χ1v) is 4.63. The molecule has 0 aliphatic heterocycles. The van der Waals surface area contributed by atoms with Gasteiger partial charge in [-0.3, -0.25) is 0 Å². The molecule has 2 aromatic rings. The molecule has 0 atom stereocenters. The first kappa shape index (κ1) is 9.15. The summed E-state index contributed by atoms with van der Waals surface area (Å²) in [5, 5.41) is 0. The molecule has 0 saturated carbocycles. The maximum atomic E-state index is 5.91. The van der Waals surface area contributed by atoms with Gasteiger partial charge in [0.25, 0.3) is 0 Å². The van der Waals surface area contributed by atoms with Gasteiger partial charge in [0.05, 0.1) is 5.52 Å². The third-order valence-electron chi connectivity index (χ3n) is 1.93. The fraction of sp³-hybridized carbons (Fsp3) is 0.400. The lowest BCUT2D eigenvalue weighted by atomic mass is 10.0. The Hall–Kier alpha value is -1.42. The predicted octanol–water partition coefficient (Wildman–Crippen LogP) is 1.24. The summed E-state index contributed by atoms with van der Waals surface area (Å²) in [5.74, 6) is 0.895. The van der Waals surface area contributed by atoms with Crippen LogP contribution >= 0.6 is 0 Å². The van der Waals surface area contributed by atoms with Crippen LogP contribution in [0.3, 0.4) is 0 Å². The van der Waals surface area contributed by atoms with Crippen molar-refractivity contribution in [3.05, 3.63) is 24.2 Å². The van der Waals surface area contributed by atoms with Gasteiger partial charge in [0, 0.05) is 18.2 Å². The molecule has 0 aromatic carbocycles. The van der Waals surface area contributed by atoms with Gasteiger partial charge in [-0.25, -0.2) is 9.97 Å². The van der Waals surface area contributed by atoms with Crippen LogP contribution in [0, 0.1) is 0 Å². The van der Waals surface area contributed by atoms with Crippen molar-refractivity contribution in [3.8, 4) is 0 Å². The quantitative estimate of drug-likeness (QED) is 0.748. The van der Waals surface area contributed by atoms with E-state index in [1.54, 1.807) is 6.20 Å². The van der Waals surface area contributed by atoms with Gasteiger partial charge in [-0.05, 0) is 26.0 Å². The van der Waals surface area contributed by atoms with Gasteiger partial charge in [0.15, 0.2) is 5.65 Å². The lowest BCUT2D eigenvalue weighted by molar-refractivity contribution is 0.505. The summed E-state index contributed by atoms with van der Waals surface area (Å²) in [7, 11) is 0. The topological polar surface area (TPSA) is 67.6 Å². The second-order valence-corrected chi connectivity index (χ2v) is 4.22. The molecule has 3 N–H and O–H groups in total. The highest BCUT2D eigenvalue weighted by molar-refractivity contribution is 5.69. The van der Waals surface area contributed by atoms with Crippen LogP contribution in [0.4, 0.5) is 0 Å². The molecule has 4 nitrogen and oxygen atoms in total. The molecule has 2 heterocycles. The summed E-state index contributed by atoms with van der Waals surface area (Å²) in [6, 6.07) is 3.85. The van der Waals surface area contributed by atoms with E-state index in [-0.39, 0.29) is 5.54 Å². The highest BCUT2D eigenvalue weighted by Crippen LogP contribution is 2.11. The number of fused-ring (bicyclic) bond motifs is 1. The molecular formula is C10H14N4. The molecule has 14 heavy (non-hydrogen) atoms. The average Bonchev–Trinajstić information content (AvgIpc) is 2.42. The maximum Gasteiger partial charge on any atom is 0.177 e. The van der Waals surface area contributed by atoms with E-state index in [1.165, 1.54) is 0 Å². The first-order valence-electron chi connectivity index (χ1n) is 4.63. The largest absolute Gasteiger partial charge is 0.341 e. The molecule has 0 amide bonds. The Balaban J connectivity index is 2.36. The van der Waals surface area contributed by atoms with Crippen LogP contribution < -0.4 is 5.73 Å². The van der Waals surface area contributed by atoms with Gasteiger partial charge in [-0.2, -0.15) is 0 Å². The number of nitrogens with one attached hydrogen (secondary N) is 1. The van der Waals surface area contributed by atoms with Crippen LogP contribution in [-0.4, -0.2) is 20.5 Å². The second-order valence-electron chi connectivity index (χ2n) is 4.22. The number of aromatic amines is 1. The second kappa shape index (κ2) is 3.06. The minimum Gasteiger partial charge on any atom is -0.341 e. The van der Waals surface area contributed by atoms with E-state index in [2.05, 4.69) is 15.0 Å². The Morgan fingerprint density at radius 2 is 2.29 bits per heavy atom. The van der Waals surface area contributed by atoms with Crippen LogP contribution in [-0.2, 0) is 6.42 Å². The molecule has 74 valence electrons. The summed E-state index contributed by atoms with van der Waals surface area (Å²) in [6.07, 6.45) is 2.46. The van der Waals surface area contributed by atoms with E-state index >= 15 is 0 Å². The van der Waals surface area contributed by atoms with Crippen LogP contribution in [0.1, 0.15) is 19.7 Å². The van der Waals surface area contributed by atoms with Crippen molar-refractivity contribution in [1.29, 1.82) is 0 Å². The molecule has 2 rings (SSSR count). The number of imidazole rings is 1. The van der Waals surface area contributed by atoms with Crippen LogP contribution in [0.2, 0.25) is 0 Å². The molecular weight excluding hydrogens is 176 g/mol. The molecule has 0 radical (unpaired) electrons. The van der Waals surface area contributed by atoms with Crippen molar-refractivity contribution < 1.29 is 0 Å². The zero-order chi connectivity index (χ0) is 10.2. The van der Waals surface area contributed by atoms with Gasteiger partial charge in [0.1, 0.15) is 5.82 Å². The van der Waals surface area contributed by atoms with Gasteiger partial charge < -0.3 is 10.7 Å². The monoisotopic (exact) mass is 190 g/mol. The van der Waals surface area contributed by atoms with E-state index in [0.717, 1.165) is 23.4 Å². The van der Waals surface area contributed by atoms with Crippen molar-refractivity contribution >= 4 is 11.2 Å². The summed E-state index contributed by atoms with van der Waals surface area (Å²) in [4.78, 5) is 11.7. The van der Waals surface area contributed by atoms with E-state index in [0.29, 0.717) is 0 Å². The van der Waals surface area contributed by atoms with Crippen molar-refractivity contribution in [2.75, 3.05) is 0 Å². The van der Waals surface area contributed by atoms with E-state index in [9.17, 15) is 0 Å². The number of aromatic nitrogens is 3. The lowest BCUT2D eigenvalue weighted by Crippen LogP contribution is -2.34. The molecule has 0 aliphatic rings. The minimum absolute atomic E-state index is 0.242. The summed E-state index contributed by atoms with van der Waals surface area (Å²) in [5.41, 5.74) is 7.39. The fourth-order valence-electron chi connectivity index (χ4n) is 1.41. The van der Waals surface area contributed by atoms with Crippen molar-refractivity contribution in [2.45, 2.75) is 25.8 Å². The van der Waals surface area contributed by atoms with Gasteiger partial charge in [0.2, 0.25) is 0 Å². The van der Waals surface area contributed by atoms with Crippen LogP contribution in [0.5, 0.6) is 0 Å². The van der Waals surface area contributed by atoms with E-state index in [1.807, 2.05) is 26.0 Å². The average molecular weight is 190 g/mol. The Bertz CT molecular complexity index is 406. The number of pyridine rings is 1. The Morgan fingerprint density at radius 3 is 2.93 bits per heavy atom. The normalized spacial score (nSPS) is 12.2.